The lowest BCUT2D eigenvalue weighted by molar-refractivity contribution is 0.0690. The number of piperidine rings is 1. The van der Waals surface area contributed by atoms with E-state index in [1.165, 1.54) is 0 Å². The van der Waals surface area contributed by atoms with Gasteiger partial charge in [0.05, 0.1) is 0 Å². The van der Waals surface area contributed by atoms with Crippen molar-refractivity contribution in [3.63, 3.8) is 0 Å². The van der Waals surface area contributed by atoms with E-state index in [2.05, 4.69) is 14.9 Å². The molecule has 1 aliphatic heterocycles. The van der Waals surface area contributed by atoms with E-state index in [0.29, 0.717) is 11.6 Å². The van der Waals surface area contributed by atoms with Gasteiger partial charge in [-0.05, 0) is 12.8 Å². The maximum atomic E-state index is 11.1. The number of carbonyl (C=O) groups is 1. The van der Waals surface area contributed by atoms with Crippen molar-refractivity contribution in [1.82, 2.24) is 9.97 Å². The average Bonchev–Trinajstić information content (AvgIpc) is 2.39. The predicted molar refractivity (Wildman–Crippen MR) is 72.5 cm³/mol. The normalized spacial score (nSPS) is 16.9. The van der Waals surface area contributed by atoms with Crippen LogP contribution in [0.15, 0.2) is 6.07 Å². The minimum atomic E-state index is -1.01. The Labute approximate surface area is 112 Å². The SMILES string of the molecule is CC(C)c1nc(C(=O)O)cc(N2CCC(N)CC2)n1. The summed E-state index contributed by atoms with van der Waals surface area (Å²) in [7, 11) is 0. The molecule has 0 radical (unpaired) electrons. The van der Waals surface area contributed by atoms with Crippen molar-refractivity contribution >= 4 is 11.8 Å². The molecule has 1 saturated heterocycles. The molecule has 3 N–H and O–H groups in total. The summed E-state index contributed by atoms with van der Waals surface area (Å²) in [6.07, 6.45) is 1.81. The van der Waals surface area contributed by atoms with Gasteiger partial charge in [0.25, 0.3) is 0 Å². The Balaban J connectivity index is 2.31. The van der Waals surface area contributed by atoms with Gasteiger partial charge in [0.15, 0.2) is 5.69 Å². The van der Waals surface area contributed by atoms with Crippen molar-refractivity contribution in [2.24, 2.45) is 5.73 Å². The summed E-state index contributed by atoms with van der Waals surface area (Å²) >= 11 is 0. The maximum absolute atomic E-state index is 11.1. The summed E-state index contributed by atoms with van der Waals surface area (Å²) in [4.78, 5) is 21.8. The van der Waals surface area contributed by atoms with E-state index >= 15 is 0 Å². The predicted octanol–water partition coefficient (Wildman–Crippen LogP) is 1.23. The molecule has 1 aromatic rings. The molecule has 2 rings (SSSR count). The molecule has 0 spiro atoms. The molecule has 2 heterocycles. The Kier molecular flexibility index (Phi) is 3.99. The molecule has 1 aromatic heterocycles. The van der Waals surface area contributed by atoms with E-state index < -0.39 is 5.97 Å². The van der Waals surface area contributed by atoms with Crippen LogP contribution in [-0.2, 0) is 0 Å². The molecule has 1 aliphatic rings. The Hall–Kier alpha value is -1.69. The van der Waals surface area contributed by atoms with Crippen LogP contribution in [0, 0.1) is 0 Å². The fourth-order valence-corrected chi connectivity index (χ4v) is 2.11. The smallest absolute Gasteiger partial charge is 0.354 e. The van der Waals surface area contributed by atoms with E-state index in [9.17, 15) is 4.79 Å². The largest absolute Gasteiger partial charge is 0.477 e. The van der Waals surface area contributed by atoms with Gasteiger partial charge in [-0.3, -0.25) is 0 Å². The zero-order valence-electron chi connectivity index (χ0n) is 11.3. The highest BCUT2D eigenvalue weighted by Crippen LogP contribution is 2.20. The minimum absolute atomic E-state index is 0.0589. The molecule has 6 heteroatoms. The van der Waals surface area contributed by atoms with E-state index in [4.69, 9.17) is 10.8 Å². The molecule has 0 bridgehead atoms. The molecule has 0 saturated carbocycles. The molecular weight excluding hydrogens is 244 g/mol. The van der Waals surface area contributed by atoms with Gasteiger partial charge in [-0.2, -0.15) is 0 Å². The number of rotatable bonds is 3. The second-order valence-electron chi connectivity index (χ2n) is 5.25. The van der Waals surface area contributed by atoms with Crippen molar-refractivity contribution in [3.05, 3.63) is 17.6 Å². The van der Waals surface area contributed by atoms with Crippen molar-refractivity contribution in [2.75, 3.05) is 18.0 Å². The number of hydrogen-bond acceptors (Lipinski definition) is 5. The second kappa shape index (κ2) is 5.52. The van der Waals surface area contributed by atoms with Gasteiger partial charge < -0.3 is 15.7 Å². The second-order valence-corrected chi connectivity index (χ2v) is 5.25. The standard InChI is InChI=1S/C13H20N4O2/c1-8(2)12-15-10(13(18)19)7-11(16-12)17-5-3-9(14)4-6-17/h7-9H,3-6,14H2,1-2H3,(H,18,19). The summed E-state index contributed by atoms with van der Waals surface area (Å²) in [5.74, 6) is 0.358. The molecule has 0 aliphatic carbocycles. The van der Waals surface area contributed by atoms with Crippen LogP contribution in [0.3, 0.4) is 0 Å². The van der Waals surface area contributed by atoms with E-state index in [1.807, 2.05) is 13.8 Å². The Bertz CT molecular complexity index is 468. The highest BCUT2D eigenvalue weighted by Gasteiger charge is 2.20. The number of anilines is 1. The third kappa shape index (κ3) is 3.20. The van der Waals surface area contributed by atoms with Gasteiger partial charge >= 0.3 is 5.97 Å². The molecule has 6 nitrogen and oxygen atoms in total. The van der Waals surface area contributed by atoms with E-state index in [1.54, 1.807) is 6.07 Å². The van der Waals surface area contributed by atoms with Crippen molar-refractivity contribution in [3.8, 4) is 0 Å². The van der Waals surface area contributed by atoms with Crippen LogP contribution >= 0.6 is 0 Å². The number of nitrogens with zero attached hydrogens (tertiary/aromatic N) is 3. The van der Waals surface area contributed by atoms with Crippen LogP contribution in [0.5, 0.6) is 0 Å². The molecule has 0 amide bonds. The third-order valence-electron chi connectivity index (χ3n) is 3.33. The molecular formula is C13H20N4O2. The Morgan fingerprint density at radius 3 is 2.58 bits per heavy atom. The lowest BCUT2D eigenvalue weighted by atomic mass is 10.1. The molecule has 0 atom stereocenters. The Morgan fingerprint density at radius 1 is 1.42 bits per heavy atom. The van der Waals surface area contributed by atoms with Crippen LogP contribution in [-0.4, -0.2) is 40.2 Å². The van der Waals surface area contributed by atoms with Gasteiger partial charge in [0.2, 0.25) is 0 Å². The first-order valence-electron chi connectivity index (χ1n) is 6.60. The lowest BCUT2D eigenvalue weighted by Crippen LogP contribution is -2.40. The van der Waals surface area contributed by atoms with E-state index in [0.717, 1.165) is 25.9 Å². The van der Waals surface area contributed by atoms with Crippen LogP contribution in [0.1, 0.15) is 48.9 Å². The van der Waals surface area contributed by atoms with Crippen LogP contribution in [0.4, 0.5) is 5.82 Å². The van der Waals surface area contributed by atoms with E-state index in [-0.39, 0.29) is 17.7 Å². The summed E-state index contributed by atoms with van der Waals surface area (Å²) < 4.78 is 0. The summed E-state index contributed by atoms with van der Waals surface area (Å²) in [5, 5.41) is 9.13. The number of hydrogen-bond donors (Lipinski definition) is 2. The molecule has 0 unspecified atom stereocenters. The van der Waals surface area contributed by atoms with Gasteiger partial charge in [0.1, 0.15) is 11.6 Å². The number of carboxylic acid groups (broad SMARTS) is 1. The zero-order valence-corrected chi connectivity index (χ0v) is 11.3. The molecule has 0 aromatic carbocycles. The van der Waals surface area contributed by atoms with Crippen LogP contribution < -0.4 is 10.6 Å². The minimum Gasteiger partial charge on any atom is -0.477 e. The number of aromatic nitrogens is 2. The van der Waals surface area contributed by atoms with Gasteiger partial charge in [-0.1, -0.05) is 13.8 Å². The summed E-state index contributed by atoms with van der Waals surface area (Å²) in [6.45, 7) is 5.54. The fourth-order valence-electron chi connectivity index (χ4n) is 2.11. The molecule has 19 heavy (non-hydrogen) atoms. The number of nitrogens with two attached hydrogens (primary N) is 1. The summed E-state index contributed by atoms with van der Waals surface area (Å²) in [5.41, 5.74) is 5.94. The topological polar surface area (TPSA) is 92.3 Å². The highest BCUT2D eigenvalue weighted by molar-refractivity contribution is 5.86. The number of aromatic carboxylic acids is 1. The first-order valence-corrected chi connectivity index (χ1v) is 6.60. The van der Waals surface area contributed by atoms with Gasteiger partial charge in [-0.15, -0.1) is 0 Å². The first-order chi connectivity index (χ1) is 8.97. The van der Waals surface area contributed by atoms with Crippen molar-refractivity contribution in [2.45, 2.75) is 38.6 Å². The van der Waals surface area contributed by atoms with Crippen molar-refractivity contribution < 1.29 is 9.90 Å². The first kappa shape index (κ1) is 13.7. The quantitative estimate of drug-likeness (QED) is 0.853. The zero-order chi connectivity index (χ0) is 14.0. The molecule has 1 fully saturated rings. The van der Waals surface area contributed by atoms with Crippen molar-refractivity contribution in [1.29, 1.82) is 0 Å². The average molecular weight is 264 g/mol. The van der Waals surface area contributed by atoms with Crippen LogP contribution in [0.25, 0.3) is 0 Å². The van der Waals surface area contributed by atoms with Gasteiger partial charge in [0, 0.05) is 31.1 Å². The van der Waals surface area contributed by atoms with Crippen LogP contribution in [0.2, 0.25) is 0 Å². The summed E-state index contributed by atoms with van der Waals surface area (Å²) in [6, 6.07) is 1.78. The highest BCUT2D eigenvalue weighted by atomic mass is 16.4. The Morgan fingerprint density at radius 2 is 2.05 bits per heavy atom. The monoisotopic (exact) mass is 264 g/mol. The lowest BCUT2D eigenvalue weighted by Gasteiger charge is -2.31. The fraction of sp³-hybridized carbons (Fsp3) is 0.615. The van der Waals surface area contributed by atoms with Gasteiger partial charge in [-0.25, -0.2) is 14.8 Å². The molecule has 104 valence electrons. The third-order valence-corrected chi connectivity index (χ3v) is 3.33. The number of carboxylic acids is 1. The maximum Gasteiger partial charge on any atom is 0.354 e.